The lowest BCUT2D eigenvalue weighted by Crippen LogP contribution is -2.27. The molecule has 0 spiro atoms. The fourth-order valence-electron chi connectivity index (χ4n) is 3.14. The molecule has 0 unspecified atom stereocenters. The van der Waals surface area contributed by atoms with Crippen LogP contribution in [0.15, 0.2) is 29.2 Å². The Morgan fingerprint density at radius 3 is 2.21 bits per heavy atom. The summed E-state index contributed by atoms with van der Waals surface area (Å²) in [5, 5.41) is 5.84. The first kappa shape index (κ1) is 20.5. The van der Waals surface area contributed by atoms with Crippen molar-refractivity contribution in [3.05, 3.63) is 45.8 Å². The Labute approximate surface area is 168 Å². The maximum absolute atomic E-state index is 12.6. The summed E-state index contributed by atoms with van der Waals surface area (Å²) in [6, 6.07) is 5.89. The molecule has 1 aliphatic rings. The van der Waals surface area contributed by atoms with E-state index in [1.165, 1.54) is 39.9 Å². The van der Waals surface area contributed by atoms with Crippen LogP contribution in [0.1, 0.15) is 44.0 Å². The molecule has 150 valence electrons. The monoisotopic (exact) mass is 421 g/mol. The number of thiophene rings is 1. The lowest BCUT2D eigenvalue weighted by molar-refractivity contribution is 0.0963. The van der Waals surface area contributed by atoms with Gasteiger partial charge >= 0.3 is 0 Å². The number of nitrogens with zero attached hydrogens (tertiary/aromatic N) is 1. The van der Waals surface area contributed by atoms with Gasteiger partial charge < -0.3 is 10.6 Å². The van der Waals surface area contributed by atoms with Crippen LogP contribution >= 0.6 is 11.3 Å². The topological polar surface area (TPSA) is 95.6 Å². The summed E-state index contributed by atoms with van der Waals surface area (Å²) in [5.74, 6) is -0.652. The van der Waals surface area contributed by atoms with Gasteiger partial charge in [-0.2, -0.15) is 4.31 Å². The Hall–Kier alpha value is -2.23. The number of hydrogen-bond donors (Lipinski definition) is 2. The van der Waals surface area contributed by atoms with Crippen molar-refractivity contribution in [3.63, 3.8) is 0 Å². The molecule has 0 saturated carbocycles. The van der Waals surface area contributed by atoms with Gasteiger partial charge in [0.15, 0.2) is 0 Å². The molecule has 28 heavy (non-hydrogen) atoms. The van der Waals surface area contributed by atoms with Crippen molar-refractivity contribution < 1.29 is 18.0 Å². The molecule has 1 aliphatic heterocycles. The zero-order valence-corrected chi connectivity index (χ0v) is 17.7. The molecule has 3 rings (SSSR count). The number of hydrogen-bond acceptors (Lipinski definition) is 5. The highest BCUT2D eigenvalue weighted by molar-refractivity contribution is 7.89. The van der Waals surface area contributed by atoms with Gasteiger partial charge in [-0.3, -0.25) is 9.59 Å². The molecule has 7 nitrogen and oxygen atoms in total. The first-order valence-corrected chi connectivity index (χ1v) is 11.2. The minimum Gasteiger partial charge on any atom is -0.355 e. The van der Waals surface area contributed by atoms with Crippen LogP contribution in [0.5, 0.6) is 0 Å². The number of sulfonamides is 1. The standard InChI is InChI=1S/C19H23N3O4S2/c1-12-13(2)27-19(16(12)18(24)20-3)21-17(23)14-6-8-15(9-7-14)28(25,26)22-10-4-5-11-22/h6-9H,4-5,10-11H2,1-3H3,(H,20,24)(H,21,23). The van der Waals surface area contributed by atoms with E-state index in [1.54, 1.807) is 7.05 Å². The van der Waals surface area contributed by atoms with Crippen LogP contribution in [0.3, 0.4) is 0 Å². The van der Waals surface area contributed by atoms with Crippen LogP contribution in [-0.4, -0.2) is 44.7 Å². The van der Waals surface area contributed by atoms with E-state index in [0.29, 0.717) is 29.2 Å². The number of benzene rings is 1. The van der Waals surface area contributed by atoms with Crippen LogP contribution in [0, 0.1) is 13.8 Å². The fraction of sp³-hybridized carbons (Fsp3) is 0.368. The van der Waals surface area contributed by atoms with Crippen LogP contribution in [0.2, 0.25) is 0 Å². The summed E-state index contributed by atoms with van der Waals surface area (Å²) in [4.78, 5) is 25.9. The van der Waals surface area contributed by atoms with Gasteiger partial charge in [-0.1, -0.05) is 0 Å². The highest BCUT2D eigenvalue weighted by Crippen LogP contribution is 2.32. The van der Waals surface area contributed by atoms with E-state index in [0.717, 1.165) is 23.3 Å². The molecule has 1 fully saturated rings. The van der Waals surface area contributed by atoms with E-state index < -0.39 is 15.9 Å². The molecule has 0 atom stereocenters. The number of nitrogens with one attached hydrogen (secondary N) is 2. The average Bonchev–Trinajstić information content (AvgIpc) is 3.31. The quantitative estimate of drug-likeness (QED) is 0.776. The second-order valence-corrected chi connectivity index (χ2v) is 9.82. The third kappa shape index (κ3) is 3.82. The van der Waals surface area contributed by atoms with Gasteiger partial charge in [0.2, 0.25) is 10.0 Å². The summed E-state index contributed by atoms with van der Waals surface area (Å²) < 4.78 is 26.6. The number of amides is 2. The van der Waals surface area contributed by atoms with Crippen molar-refractivity contribution in [1.29, 1.82) is 0 Å². The molecule has 2 N–H and O–H groups in total. The lowest BCUT2D eigenvalue weighted by Gasteiger charge is -2.15. The largest absolute Gasteiger partial charge is 0.355 e. The van der Waals surface area contributed by atoms with E-state index in [-0.39, 0.29) is 10.8 Å². The van der Waals surface area contributed by atoms with Gasteiger partial charge in [0.25, 0.3) is 11.8 Å². The molecule has 1 aromatic carbocycles. The Kier molecular flexibility index (Phi) is 5.87. The summed E-state index contributed by atoms with van der Waals surface area (Å²) in [6.45, 7) is 4.79. The van der Waals surface area contributed by atoms with Crippen molar-refractivity contribution in [2.24, 2.45) is 0 Å². The summed E-state index contributed by atoms with van der Waals surface area (Å²) >= 11 is 1.34. The minimum atomic E-state index is -3.51. The maximum atomic E-state index is 12.6. The average molecular weight is 422 g/mol. The summed E-state index contributed by atoms with van der Waals surface area (Å²) in [6.07, 6.45) is 1.74. The normalized spacial score (nSPS) is 14.8. The zero-order chi connectivity index (χ0) is 20.5. The molecular weight excluding hydrogens is 398 g/mol. The van der Waals surface area contributed by atoms with Gasteiger partial charge in [0, 0.05) is 30.6 Å². The first-order chi connectivity index (χ1) is 13.3. The van der Waals surface area contributed by atoms with Crippen LogP contribution in [0.25, 0.3) is 0 Å². The number of aryl methyl sites for hydroxylation is 1. The van der Waals surface area contributed by atoms with Gasteiger partial charge in [-0.25, -0.2) is 8.42 Å². The minimum absolute atomic E-state index is 0.180. The molecule has 0 bridgehead atoms. The Balaban J connectivity index is 1.81. The van der Waals surface area contributed by atoms with E-state index in [2.05, 4.69) is 10.6 Å². The second kappa shape index (κ2) is 8.02. The molecule has 1 saturated heterocycles. The van der Waals surface area contributed by atoms with Crippen molar-refractivity contribution >= 4 is 38.2 Å². The summed E-state index contributed by atoms with van der Waals surface area (Å²) in [7, 11) is -1.97. The molecule has 2 amide bonds. The Morgan fingerprint density at radius 1 is 1.04 bits per heavy atom. The molecule has 2 aromatic rings. The van der Waals surface area contributed by atoms with Gasteiger partial charge in [0.1, 0.15) is 5.00 Å². The fourth-order valence-corrected chi connectivity index (χ4v) is 5.71. The molecule has 0 radical (unpaired) electrons. The van der Waals surface area contributed by atoms with E-state index in [4.69, 9.17) is 0 Å². The van der Waals surface area contributed by atoms with E-state index >= 15 is 0 Å². The SMILES string of the molecule is CNC(=O)c1c(NC(=O)c2ccc(S(=O)(=O)N3CCCC3)cc2)sc(C)c1C. The molecule has 1 aromatic heterocycles. The van der Waals surface area contributed by atoms with Crippen LogP contribution in [-0.2, 0) is 10.0 Å². The summed E-state index contributed by atoms with van der Waals surface area (Å²) in [5.41, 5.74) is 1.60. The highest BCUT2D eigenvalue weighted by Gasteiger charge is 2.27. The lowest BCUT2D eigenvalue weighted by atomic mass is 10.1. The number of carbonyl (C=O) groups is 2. The second-order valence-electron chi connectivity index (χ2n) is 6.66. The predicted molar refractivity (Wildman–Crippen MR) is 110 cm³/mol. The smallest absolute Gasteiger partial charge is 0.256 e. The number of carbonyl (C=O) groups excluding carboxylic acids is 2. The molecule has 0 aliphatic carbocycles. The van der Waals surface area contributed by atoms with Gasteiger partial charge in [-0.05, 0) is 56.5 Å². The third-order valence-corrected chi connectivity index (χ3v) is 7.92. The van der Waals surface area contributed by atoms with Crippen molar-refractivity contribution in [2.75, 3.05) is 25.5 Å². The van der Waals surface area contributed by atoms with Crippen molar-refractivity contribution in [1.82, 2.24) is 9.62 Å². The number of anilines is 1. The Bertz CT molecular complexity index is 1000. The van der Waals surface area contributed by atoms with Gasteiger partial charge in [-0.15, -0.1) is 11.3 Å². The van der Waals surface area contributed by atoms with Crippen molar-refractivity contribution in [3.8, 4) is 0 Å². The zero-order valence-electron chi connectivity index (χ0n) is 16.0. The predicted octanol–water partition coefficient (Wildman–Crippen LogP) is 2.76. The van der Waals surface area contributed by atoms with Gasteiger partial charge in [0.05, 0.1) is 10.5 Å². The number of rotatable bonds is 5. The molecular formula is C19H23N3O4S2. The van der Waals surface area contributed by atoms with Crippen molar-refractivity contribution in [2.45, 2.75) is 31.6 Å². The first-order valence-electron chi connectivity index (χ1n) is 8.99. The third-order valence-electron chi connectivity index (χ3n) is 4.89. The van der Waals surface area contributed by atoms with Crippen LogP contribution < -0.4 is 10.6 Å². The Morgan fingerprint density at radius 2 is 1.64 bits per heavy atom. The van der Waals surface area contributed by atoms with E-state index in [9.17, 15) is 18.0 Å². The maximum Gasteiger partial charge on any atom is 0.256 e. The molecule has 2 heterocycles. The van der Waals surface area contributed by atoms with Crippen LogP contribution in [0.4, 0.5) is 5.00 Å². The highest BCUT2D eigenvalue weighted by atomic mass is 32.2. The van der Waals surface area contributed by atoms with E-state index in [1.807, 2.05) is 13.8 Å². The molecule has 9 heteroatoms.